The standard InChI is InChI=1S/C88H91B2N6O.Pt/c1-83(2,3)61-35-38-77-71(49-61)68-37-36-66(56-80(68)96(77)81-54-62(39-42-91-81)88(16,17)60-29-19-18-20-30-60)97-67-48-59(82-73(86(10,11)12)52-64(85(7,8)9)53-74(82)87(13,14)15)47-65(55-67)95-58-92(78-33-21-22-34-79(78)95)57-72-69(75-31-27-45-93-43-25-23-40-89(75)93)50-63(84(4,5)6)51-70(72)76-32-28-46-94-44-26-24-41-90(76)94;/h18-54,58H,57H2,1-17H3;/q-3;/i16D3,17D3;. The Bertz CT molecular complexity index is 5000. The van der Waals surface area contributed by atoms with Crippen LogP contribution in [0.15, 0.2) is 225 Å². The van der Waals surface area contributed by atoms with Crippen molar-refractivity contribution in [3.05, 3.63) is 299 Å². The van der Waals surface area contributed by atoms with Gasteiger partial charge in [-0.3, -0.25) is 0 Å². The summed E-state index contributed by atoms with van der Waals surface area (Å²) in [6, 6.07) is 52.3. The van der Waals surface area contributed by atoms with Crippen molar-refractivity contribution in [2.75, 3.05) is 9.80 Å². The molecule has 0 bridgehead atoms. The van der Waals surface area contributed by atoms with Crippen LogP contribution in [-0.4, -0.2) is 32.9 Å². The third-order valence-corrected chi connectivity index (χ3v) is 19.8. The number of anilines is 3. The molecule has 0 fully saturated rings. The fraction of sp³-hybridized carbons (Fsp3) is 0.273. The second-order valence-electron chi connectivity index (χ2n) is 31.9. The zero-order valence-corrected chi connectivity index (χ0v) is 61.5. The molecule has 0 unspecified atom stereocenters. The average molecular weight is 1470 g/mol. The molecular formula is C88H91B2N6OPt-3. The first kappa shape index (κ1) is 60.4. The molecule has 14 rings (SSSR count). The number of pyridine rings is 1. The van der Waals surface area contributed by atoms with E-state index >= 15 is 0 Å². The van der Waals surface area contributed by atoms with Gasteiger partial charge in [0.25, 0.3) is 0 Å². The molecule has 7 heterocycles. The normalized spacial score (nSPS) is 16.6. The fourth-order valence-corrected chi connectivity index (χ4v) is 14.3. The van der Waals surface area contributed by atoms with Crippen LogP contribution >= 0.6 is 0 Å². The molecule has 7 aromatic carbocycles. The Kier molecular flexibility index (Phi) is 15.5. The topological polar surface area (TPSA) is 40.0 Å². The van der Waals surface area contributed by atoms with Crippen molar-refractivity contribution in [1.29, 1.82) is 0 Å². The maximum absolute atomic E-state index is 9.10. The minimum Gasteiger partial charge on any atom is -0.509 e. The Balaban J connectivity index is 0.00000961. The molecule has 5 aliphatic heterocycles. The monoisotopic (exact) mass is 1470 g/mol. The van der Waals surface area contributed by atoms with Crippen LogP contribution < -0.4 is 14.5 Å². The van der Waals surface area contributed by atoms with Gasteiger partial charge in [-0.2, -0.15) is 12.7 Å². The van der Waals surface area contributed by atoms with Gasteiger partial charge in [0.1, 0.15) is 5.82 Å². The van der Waals surface area contributed by atoms with Crippen molar-refractivity contribution < 1.29 is 34.0 Å². The van der Waals surface area contributed by atoms with Gasteiger partial charge in [0.05, 0.1) is 0 Å². The number of hydrogen-bond donors (Lipinski definition) is 0. The summed E-state index contributed by atoms with van der Waals surface area (Å²) < 4.78 is 63.9. The van der Waals surface area contributed by atoms with Gasteiger partial charge in [-0.05, 0) is 184 Å². The van der Waals surface area contributed by atoms with Gasteiger partial charge in [0, 0.05) is 75.8 Å². The van der Waals surface area contributed by atoms with E-state index in [1.165, 1.54) is 62.2 Å². The van der Waals surface area contributed by atoms with Crippen LogP contribution in [0.5, 0.6) is 11.5 Å². The third-order valence-electron chi connectivity index (χ3n) is 19.8. The van der Waals surface area contributed by atoms with Crippen molar-refractivity contribution in [3.63, 3.8) is 0 Å². The zero-order valence-electron chi connectivity index (χ0n) is 65.2. The number of para-hydroxylation sites is 2. The van der Waals surface area contributed by atoms with E-state index in [1.807, 2.05) is 10.6 Å². The molecule has 0 saturated heterocycles. The number of nitrogens with zero attached hydrogens (tertiary/aromatic N) is 6. The number of aromatic nitrogens is 2. The van der Waals surface area contributed by atoms with Gasteiger partial charge >= 0.3 is 13.7 Å². The van der Waals surface area contributed by atoms with Crippen molar-refractivity contribution in [2.45, 2.75) is 157 Å². The molecule has 9 aromatic rings. The third kappa shape index (κ3) is 12.7. The molecule has 98 heavy (non-hydrogen) atoms. The van der Waals surface area contributed by atoms with E-state index in [2.05, 4.69) is 312 Å². The van der Waals surface area contributed by atoms with Gasteiger partial charge in [-0.25, -0.2) is 4.98 Å². The van der Waals surface area contributed by atoms with Gasteiger partial charge in [-0.1, -0.05) is 238 Å². The Morgan fingerprint density at radius 3 is 1.68 bits per heavy atom. The van der Waals surface area contributed by atoms with Crippen LogP contribution in [0.4, 0.5) is 17.1 Å². The molecule has 0 amide bonds. The van der Waals surface area contributed by atoms with E-state index < -0.39 is 19.1 Å². The van der Waals surface area contributed by atoms with E-state index in [0.717, 1.165) is 50.0 Å². The number of hydrogen-bond acceptors (Lipinski definition) is 6. The second-order valence-corrected chi connectivity index (χ2v) is 31.9. The largest absolute Gasteiger partial charge is 0.509 e. The molecule has 0 spiro atoms. The first-order valence-corrected chi connectivity index (χ1v) is 34.2. The Morgan fingerprint density at radius 1 is 0.510 bits per heavy atom. The summed E-state index contributed by atoms with van der Waals surface area (Å²) in [6.07, 6.45) is 27.7. The van der Waals surface area contributed by atoms with Crippen LogP contribution in [0.1, 0.15) is 181 Å². The Hall–Kier alpha value is -8.77. The van der Waals surface area contributed by atoms with E-state index in [9.17, 15) is 0 Å². The van der Waals surface area contributed by atoms with Gasteiger partial charge < -0.3 is 28.7 Å². The maximum Gasteiger partial charge on any atom is 0.320 e. The number of ether oxygens (including phenoxy) is 1. The molecule has 2 aromatic heterocycles. The van der Waals surface area contributed by atoms with E-state index in [1.54, 1.807) is 36.4 Å². The molecule has 0 aliphatic carbocycles. The number of rotatable bonds is 11. The van der Waals surface area contributed by atoms with E-state index in [0.29, 0.717) is 29.4 Å². The zero-order chi connectivity index (χ0) is 73.3. The van der Waals surface area contributed by atoms with Crippen LogP contribution in [0.25, 0.3) is 49.7 Å². The molecule has 0 atom stereocenters. The summed E-state index contributed by atoms with van der Waals surface area (Å²) in [4.78, 5) is 14.2. The molecule has 0 saturated carbocycles. The van der Waals surface area contributed by atoms with Crippen molar-refractivity contribution in [1.82, 2.24) is 19.2 Å². The van der Waals surface area contributed by atoms with E-state index in [-0.39, 0.29) is 73.0 Å². The van der Waals surface area contributed by atoms with Crippen LogP contribution in [0, 0.1) is 18.8 Å². The predicted octanol–water partition coefficient (Wildman–Crippen LogP) is 22.1. The van der Waals surface area contributed by atoms with Crippen LogP contribution in [0.3, 0.4) is 0 Å². The molecule has 10 heteroatoms. The smallest absolute Gasteiger partial charge is 0.320 e. The van der Waals surface area contributed by atoms with Crippen molar-refractivity contribution in [2.24, 2.45) is 0 Å². The molecular weight excluding hydrogens is 1370 g/mol. The first-order valence-electron chi connectivity index (χ1n) is 37.2. The second kappa shape index (κ2) is 25.2. The quantitative estimate of drug-likeness (QED) is 0.0949. The van der Waals surface area contributed by atoms with E-state index in [4.69, 9.17) is 17.9 Å². The summed E-state index contributed by atoms with van der Waals surface area (Å²) in [7, 11) is 0. The maximum atomic E-state index is 9.10. The summed E-state index contributed by atoms with van der Waals surface area (Å²) >= 11 is 0. The van der Waals surface area contributed by atoms with Gasteiger partial charge in [-0.15, -0.1) is 47.0 Å². The van der Waals surface area contributed by atoms with Gasteiger partial charge in [0.2, 0.25) is 0 Å². The number of fused-ring (bicyclic) bond motifs is 6. The van der Waals surface area contributed by atoms with Crippen LogP contribution in [0.2, 0.25) is 0 Å². The first-order chi connectivity index (χ1) is 48.5. The predicted molar refractivity (Wildman–Crippen MR) is 412 cm³/mol. The SMILES string of the molecule is [2H]C([2H])([2H])C(c1ccccc1)(c1ccnc(-n2c3[c-]c(Oc4[c-]c(N5[CH-]N(Cc6c(C7=CC=CN8C=CC=CB78)cc(C(C)(C)C)cc6C6=CC=CN7C=CC=CB67)c6ccccc65)cc(-c5c(C(C)(C)C)cc(C(C)(C)C)cc5C(C)(C)C)c4)ccc3c3cc(C(C)(C)C)ccc32)c1)C([2H])([2H])[2H].[Pt]. The number of benzene rings is 7. The summed E-state index contributed by atoms with van der Waals surface area (Å²) in [5.74, 6) is 5.79. The molecule has 0 radical (unpaired) electrons. The summed E-state index contributed by atoms with van der Waals surface area (Å²) in [5, 5.41) is 1.77. The molecule has 0 N–H and O–H groups in total. The summed E-state index contributed by atoms with van der Waals surface area (Å²) in [6.45, 7) is 30.9. The minimum atomic E-state index is -3.01. The molecule has 7 nitrogen and oxygen atoms in total. The Labute approximate surface area is 607 Å². The van der Waals surface area contributed by atoms with Crippen molar-refractivity contribution in [3.8, 4) is 28.4 Å². The van der Waals surface area contributed by atoms with Gasteiger partial charge in [0.15, 0.2) is 0 Å². The average Bonchev–Trinajstić information content (AvgIpc) is 0.902. The molecule has 498 valence electrons. The minimum absolute atomic E-state index is 0. The fourth-order valence-electron chi connectivity index (χ4n) is 14.3. The van der Waals surface area contributed by atoms with Crippen LogP contribution in [-0.2, 0) is 60.1 Å². The summed E-state index contributed by atoms with van der Waals surface area (Å²) in [5.41, 5.74) is 15.1. The molecule has 5 aliphatic rings. The van der Waals surface area contributed by atoms with Crippen molar-refractivity contribution >= 4 is 63.5 Å². The number of allylic oxidation sites excluding steroid dienone is 8. The Morgan fingerprint density at radius 2 is 1.09 bits per heavy atom.